The van der Waals surface area contributed by atoms with Crippen LogP contribution in [0.1, 0.15) is 25.1 Å². The van der Waals surface area contributed by atoms with Gasteiger partial charge in [0.05, 0.1) is 18.4 Å². The van der Waals surface area contributed by atoms with Crippen molar-refractivity contribution in [3.8, 4) is 0 Å². The summed E-state index contributed by atoms with van der Waals surface area (Å²) in [4.78, 5) is 4.42. The van der Waals surface area contributed by atoms with Gasteiger partial charge in [-0.15, -0.1) is 5.10 Å². The van der Waals surface area contributed by atoms with Crippen LogP contribution in [0.15, 0.2) is 18.3 Å². The summed E-state index contributed by atoms with van der Waals surface area (Å²) in [5.74, 6) is 0.831. The smallest absolute Gasteiger partial charge is 0.165 e. The number of pyridine rings is 1. The van der Waals surface area contributed by atoms with E-state index >= 15 is 0 Å². The Morgan fingerprint density at radius 2 is 2.31 bits per heavy atom. The molecule has 0 aromatic carbocycles. The highest BCUT2D eigenvalue weighted by atomic mass is 15.3. The first-order valence-electron chi connectivity index (χ1n) is 5.65. The second kappa shape index (κ2) is 3.75. The van der Waals surface area contributed by atoms with E-state index in [4.69, 9.17) is 5.73 Å². The summed E-state index contributed by atoms with van der Waals surface area (Å²) in [7, 11) is 0. The number of nitrogens with zero attached hydrogens (tertiary/aromatic N) is 3. The third-order valence-corrected chi connectivity index (χ3v) is 3.05. The molecule has 3 rings (SSSR count). The van der Waals surface area contributed by atoms with Crippen LogP contribution >= 0.6 is 0 Å². The van der Waals surface area contributed by atoms with Gasteiger partial charge in [-0.3, -0.25) is 0 Å². The van der Waals surface area contributed by atoms with Gasteiger partial charge in [0, 0.05) is 6.04 Å². The topological polar surface area (TPSA) is 68.2 Å². The minimum atomic E-state index is 0.664. The van der Waals surface area contributed by atoms with E-state index < -0.39 is 0 Å². The number of hydrogen-bond donors (Lipinski definition) is 2. The highest BCUT2D eigenvalue weighted by Gasteiger charge is 2.16. The number of fused-ring (bicyclic) bond motifs is 1. The first kappa shape index (κ1) is 9.59. The Hall–Kier alpha value is -1.62. The molecule has 5 heteroatoms. The van der Waals surface area contributed by atoms with E-state index in [1.807, 2.05) is 12.1 Å². The lowest BCUT2D eigenvalue weighted by Gasteiger charge is -2.25. The van der Waals surface area contributed by atoms with E-state index in [1.165, 1.54) is 19.3 Å². The molecule has 2 aromatic heterocycles. The summed E-state index contributed by atoms with van der Waals surface area (Å²) in [6.07, 6.45) is 5.68. The highest BCUT2D eigenvalue weighted by molar-refractivity contribution is 5.46. The minimum Gasteiger partial charge on any atom is -0.397 e. The van der Waals surface area contributed by atoms with Crippen LogP contribution in [0.2, 0.25) is 0 Å². The average molecular weight is 217 g/mol. The fourth-order valence-corrected chi connectivity index (χ4v) is 1.87. The third kappa shape index (κ3) is 1.74. The van der Waals surface area contributed by atoms with Crippen LogP contribution in [0.5, 0.6) is 0 Å². The standard InChI is InChI=1S/C11H15N5/c12-8-4-5-11-14-10(15-16(11)7-8)6-13-9-2-1-3-9/h4-5,7,9,13H,1-3,6,12H2. The molecule has 16 heavy (non-hydrogen) atoms. The zero-order valence-electron chi connectivity index (χ0n) is 9.06. The Morgan fingerprint density at radius 1 is 1.44 bits per heavy atom. The van der Waals surface area contributed by atoms with Gasteiger partial charge in [-0.1, -0.05) is 6.42 Å². The van der Waals surface area contributed by atoms with Crippen LogP contribution in [0.4, 0.5) is 5.69 Å². The molecule has 1 aliphatic rings. The summed E-state index contributed by atoms with van der Waals surface area (Å²) in [5, 5.41) is 7.81. The maximum atomic E-state index is 5.68. The van der Waals surface area contributed by atoms with Gasteiger partial charge < -0.3 is 11.1 Å². The molecule has 2 heterocycles. The molecule has 84 valence electrons. The number of nitrogens with two attached hydrogens (primary N) is 1. The largest absolute Gasteiger partial charge is 0.397 e. The van der Waals surface area contributed by atoms with Gasteiger partial charge in [-0.25, -0.2) is 9.50 Å². The molecule has 0 amide bonds. The van der Waals surface area contributed by atoms with Crippen LogP contribution in [-0.2, 0) is 6.54 Å². The van der Waals surface area contributed by atoms with Gasteiger partial charge in [-0.2, -0.15) is 0 Å². The number of anilines is 1. The summed E-state index contributed by atoms with van der Waals surface area (Å²) < 4.78 is 1.73. The molecule has 0 aliphatic heterocycles. The number of rotatable bonds is 3. The van der Waals surface area contributed by atoms with Crippen molar-refractivity contribution in [2.45, 2.75) is 31.8 Å². The van der Waals surface area contributed by atoms with Crippen molar-refractivity contribution in [1.29, 1.82) is 0 Å². The Labute approximate surface area is 93.7 Å². The SMILES string of the molecule is Nc1ccc2nc(CNC3CCC3)nn2c1. The summed E-state index contributed by atoms with van der Waals surface area (Å²) >= 11 is 0. The molecular weight excluding hydrogens is 202 g/mol. The molecule has 1 fully saturated rings. The van der Waals surface area contributed by atoms with Gasteiger partial charge in [0.25, 0.3) is 0 Å². The molecule has 1 saturated carbocycles. The second-order valence-electron chi connectivity index (χ2n) is 4.30. The molecule has 0 saturated heterocycles. The van der Waals surface area contributed by atoms with Gasteiger partial charge >= 0.3 is 0 Å². The fourth-order valence-electron chi connectivity index (χ4n) is 1.87. The summed E-state index contributed by atoms with van der Waals surface area (Å²) in [6, 6.07) is 4.39. The van der Waals surface area contributed by atoms with Crippen molar-refractivity contribution in [2.75, 3.05) is 5.73 Å². The van der Waals surface area contributed by atoms with Crippen LogP contribution in [0.3, 0.4) is 0 Å². The molecule has 0 spiro atoms. The first-order valence-corrected chi connectivity index (χ1v) is 5.65. The molecular formula is C11H15N5. The van der Waals surface area contributed by atoms with Crippen LogP contribution in [0.25, 0.3) is 5.65 Å². The van der Waals surface area contributed by atoms with Gasteiger partial charge in [-0.05, 0) is 25.0 Å². The highest BCUT2D eigenvalue weighted by Crippen LogP contribution is 2.18. The van der Waals surface area contributed by atoms with Crippen LogP contribution < -0.4 is 11.1 Å². The number of hydrogen-bond acceptors (Lipinski definition) is 4. The number of nitrogen functional groups attached to an aromatic ring is 1. The number of aromatic nitrogens is 3. The lowest BCUT2D eigenvalue weighted by molar-refractivity contribution is 0.335. The normalized spacial score (nSPS) is 16.5. The maximum absolute atomic E-state index is 5.68. The quantitative estimate of drug-likeness (QED) is 0.803. The molecule has 0 bridgehead atoms. The van der Waals surface area contributed by atoms with Crippen molar-refractivity contribution in [1.82, 2.24) is 19.9 Å². The number of nitrogens with one attached hydrogen (secondary N) is 1. The third-order valence-electron chi connectivity index (χ3n) is 3.05. The summed E-state index contributed by atoms with van der Waals surface area (Å²) in [5.41, 5.74) is 7.23. The van der Waals surface area contributed by atoms with Gasteiger partial charge in [0.2, 0.25) is 0 Å². The zero-order valence-corrected chi connectivity index (χ0v) is 9.06. The van der Waals surface area contributed by atoms with Crippen molar-refractivity contribution in [2.24, 2.45) is 0 Å². The van der Waals surface area contributed by atoms with Crippen molar-refractivity contribution < 1.29 is 0 Å². The minimum absolute atomic E-state index is 0.664. The van der Waals surface area contributed by atoms with Crippen molar-refractivity contribution >= 4 is 11.3 Å². The predicted octanol–water partition coefficient (Wildman–Crippen LogP) is 0.954. The zero-order chi connectivity index (χ0) is 11.0. The van der Waals surface area contributed by atoms with E-state index in [-0.39, 0.29) is 0 Å². The van der Waals surface area contributed by atoms with Gasteiger partial charge in [0.15, 0.2) is 11.5 Å². The summed E-state index contributed by atoms with van der Waals surface area (Å²) in [6.45, 7) is 0.742. The van der Waals surface area contributed by atoms with Crippen molar-refractivity contribution in [3.05, 3.63) is 24.2 Å². The van der Waals surface area contributed by atoms with Crippen LogP contribution in [-0.4, -0.2) is 20.6 Å². The molecule has 2 aromatic rings. The van der Waals surface area contributed by atoms with E-state index in [9.17, 15) is 0 Å². The van der Waals surface area contributed by atoms with Crippen molar-refractivity contribution in [3.63, 3.8) is 0 Å². The Kier molecular flexibility index (Phi) is 2.25. The lowest BCUT2D eigenvalue weighted by atomic mass is 9.93. The Bertz CT molecular complexity index is 500. The van der Waals surface area contributed by atoms with E-state index in [2.05, 4.69) is 15.4 Å². The predicted molar refractivity (Wildman–Crippen MR) is 61.9 cm³/mol. The van der Waals surface area contributed by atoms with Gasteiger partial charge in [0.1, 0.15) is 0 Å². The Balaban J connectivity index is 1.76. The molecule has 0 radical (unpaired) electrons. The Morgan fingerprint density at radius 3 is 3.06 bits per heavy atom. The molecule has 5 nitrogen and oxygen atoms in total. The maximum Gasteiger partial charge on any atom is 0.165 e. The monoisotopic (exact) mass is 217 g/mol. The van der Waals surface area contributed by atoms with Crippen LogP contribution in [0, 0.1) is 0 Å². The van der Waals surface area contributed by atoms with E-state index in [0.717, 1.165) is 18.0 Å². The second-order valence-corrected chi connectivity index (χ2v) is 4.30. The molecule has 0 unspecified atom stereocenters. The molecule has 3 N–H and O–H groups in total. The lowest BCUT2D eigenvalue weighted by Crippen LogP contribution is -2.34. The van der Waals surface area contributed by atoms with E-state index in [0.29, 0.717) is 11.7 Å². The average Bonchev–Trinajstić information content (AvgIpc) is 2.57. The fraction of sp³-hybridized carbons (Fsp3) is 0.455. The first-order chi connectivity index (χ1) is 7.81. The molecule has 0 atom stereocenters. The molecule has 1 aliphatic carbocycles. The van der Waals surface area contributed by atoms with E-state index in [1.54, 1.807) is 10.7 Å².